The molecule has 100 valence electrons. The molecule has 0 aliphatic heterocycles. The van der Waals surface area contributed by atoms with Gasteiger partial charge in [-0.25, -0.2) is 14.8 Å². The van der Waals surface area contributed by atoms with Crippen LogP contribution in [-0.2, 0) is 4.74 Å². The molecule has 2 N–H and O–H groups in total. The highest BCUT2D eigenvalue weighted by Crippen LogP contribution is 2.11. The molecule has 0 amide bonds. The average Bonchev–Trinajstić information content (AvgIpc) is 2.33. The maximum atomic E-state index is 11.0. The third kappa shape index (κ3) is 4.67. The second kappa shape index (κ2) is 7.60. The Balaban J connectivity index is 2.45. The van der Waals surface area contributed by atoms with Crippen LogP contribution in [0, 0.1) is 6.92 Å². The topological polar surface area (TPSA) is 84.3 Å². The molecule has 6 heteroatoms. The van der Waals surface area contributed by atoms with Gasteiger partial charge in [-0.2, -0.15) is 0 Å². The van der Waals surface area contributed by atoms with Gasteiger partial charge in [-0.3, -0.25) is 0 Å². The molecule has 0 radical (unpaired) electrons. The number of carboxylic acid groups (broad SMARTS) is 1. The highest BCUT2D eigenvalue weighted by atomic mass is 16.5. The van der Waals surface area contributed by atoms with E-state index in [1.807, 2.05) is 0 Å². The lowest BCUT2D eigenvalue weighted by molar-refractivity contribution is 0.0697. The SMILES string of the molecule is CCCOCCCNc1nc(C)ncc1C(=O)O. The molecule has 0 saturated heterocycles. The smallest absolute Gasteiger partial charge is 0.341 e. The Morgan fingerprint density at radius 2 is 2.28 bits per heavy atom. The first-order chi connectivity index (χ1) is 8.65. The van der Waals surface area contributed by atoms with Crippen molar-refractivity contribution in [2.45, 2.75) is 26.7 Å². The second-order valence-electron chi connectivity index (χ2n) is 3.88. The number of aryl methyl sites for hydroxylation is 1. The van der Waals surface area contributed by atoms with Gasteiger partial charge in [0.2, 0.25) is 0 Å². The average molecular weight is 253 g/mol. The summed E-state index contributed by atoms with van der Waals surface area (Å²) >= 11 is 0. The first-order valence-electron chi connectivity index (χ1n) is 6.03. The van der Waals surface area contributed by atoms with Crippen LogP contribution in [-0.4, -0.2) is 40.8 Å². The summed E-state index contributed by atoms with van der Waals surface area (Å²) in [6, 6.07) is 0. The van der Waals surface area contributed by atoms with Crippen LogP contribution in [0.3, 0.4) is 0 Å². The quantitative estimate of drug-likeness (QED) is 0.686. The van der Waals surface area contributed by atoms with E-state index in [1.165, 1.54) is 6.20 Å². The van der Waals surface area contributed by atoms with Crippen LogP contribution in [0.1, 0.15) is 35.9 Å². The van der Waals surface area contributed by atoms with Gasteiger partial charge in [0.25, 0.3) is 0 Å². The van der Waals surface area contributed by atoms with Crippen LogP contribution in [0.25, 0.3) is 0 Å². The van der Waals surface area contributed by atoms with Gasteiger partial charge < -0.3 is 15.2 Å². The highest BCUT2D eigenvalue weighted by molar-refractivity contribution is 5.92. The van der Waals surface area contributed by atoms with Crippen molar-refractivity contribution in [1.82, 2.24) is 9.97 Å². The molecule has 0 bridgehead atoms. The summed E-state index contributed by atoms with van der Waals surface area (Å²) in [4.78, 5) is 18.9. The molecular weight excluding hydrogens is 234 g/mol. The zero-order valence-corrected chi connectivity index (χ0v) is 10.8. The molecular formula is C12H19N3O3. The fraction of sp³-hybridized carbons (Fsp3) is 0.583. The van der Waals surface area contributed by atoms with E-state index in [-0.39, 0.29) is 5.56 Å². The summed E-state index contributed by atoms with van der Waals surface area (Å²) in [6.45, 7) is 5.82. The summed E-state index contributed by atoms with van der Waals surface area (Å²) in [5.41, 5.74) is 0.0927. The fourth-order valence-corrected chi connectivity index (χ4v) is 1.39. The van der Waals surface area contributed by atoms with Crippen molar-refractivity contribution in [2.24, 2.45) is 0 Å². The summed E-state index contributed by atoms with van der Waals surface area (Å²) in [5.74, 6) is -0.116. The van der Waals surface area contributed by atoms with Gasteiger partial charge in [0, 0.05) is 26.0 Å². The molecule has 1 heterocycles. The van der Waals surface area contributed by atoms with Crippen molar-refractivity contribution >= 4 is 11.8 Å². The number of aromatic nitrogens is 2. The van der Waals surface area contributed by atoms with Crippen LogP contribution >= 0.6 is 0 Å². The third-order valence-electron chi connectivity index (χ3n) is 2.25. The van der Waals surface area contributed by atoms with Gasteiger partial charge in [0.15, 0.2) is 0 Å². The van der Waals surface area contributed by atoms with Crippen LogP contribution in [0.2, 0.25) is 0 Å². The molecule has 1 rings (SSSR count). The van der Waals surface area contributed by atoms with Gasteiger partial charge in [0.05, 0.1) is 0 Å². The number of carbonyl (C=O) groups is 1. The number of rotatable bonds is 8. The van der Waals surface area contributed by atoms with E-state index in [0.29, 0.717) is 24.8 Å². The van der Waals surface area contributed by atoms with Gasteiger partial charge in [0.1, 0.15) is 17.2 Å². The minimum absolute atomic E-state index is 0.0927. The largest absolute Gasteiger partial charge is 0.477 e. The van der Waals surface area contributed by atoms with Crippen LogP contribution in [0.15, 0.2) is 6.20 Å². The van der Waals surface area contributed by atoms with Crippen LogP contribution in [0.5, 0.6) is 0 Å². The zero-order valence-electron chi connectivity index (χ0n) is 10.8. The number of carboxylic acids is 1. The van der Waals surface area contributed by atoms with Gasteiger partial charge in [-0.15, -0.1) is 0 Å². The van der Waals surface area contributed by atoms with Crippen molar-refractivity contribution in [1.29, 1.82) is 0 Å². The lowest BCUT2D eigenvalue weighted by Gasteiger charge is -2.09. The van der Waals surface area contributed by atoms with Gasteiger partial charge in [-0.05, 0) is 19.8 Å². The lowest BCUT2D eigenvalue weighted by Crippen LogP contribution is -2.12. The van der Waals surface area contributed by atoms with Gasteiger partial charge in [-0.1, -0.05) is 6.92 Å². The molecule has 0 fully saturated rings. The second-order valence-corrected chi connectivity index (χ2v) is 3.88. The van der Waals surface area contributed by atoms with E-state index < -0.39 is 5.97 Å². The summed E-state index contributed by atoms with van der Waals surface area (Å²) in [5, 5.41) is 12.0. The Labute approximate surface area is 106 Å². The molecule has 0 aliphatic carbocycles. The highest BCUT2D eigenvalue weighted by Gasteiger charge is 2.11. The number of nitrogens with zero attached hydrogens (tertiary/aromatic N) is 2. The van der Waals surface area contributed by atoms with Crippen molar-refractivity contribution in [3.05, 3.63) is 17.6 Å². The normalized spacial score (nSPS) is 10.3. The zero-order chi connectivity index (χ0) is 13.4. The Hall–Kier alpha value is -1.69. The van der Waals surface area contributed by atoms with Crippen molar-refractivity contribution in [2.75, 3.05) is 25.1 Å². The third-order valence-corrected chi connectivity index (χ3v) is 2.25. The Kier molecular flexibility index (Phi) is 6.07. The maximum Gasteiger partial charge on any atom is 0.341 e. The fourth-order valence-electron chi connectivity index (χ4n) is 1.39. The minimum atomic E-state index is -1.03. The number of aromatic carboxylic acids is 1. The molecule has 0 atom stereocenters. The van der Waals surface area contributed by atoms with E-state index in [9.17, 15) is 4.79 Å². The predicted molar refractivity (Wildman–Crippen MR) is 67.9 cm³/mol. The Morgan fingerprint density at radius 3 is 2.94 bits per heavy atom. The maximum absolute atomic E-state index is 11.0. The van der Waals surface area contributed by atoms with Crippen molar-refractivity contribution in [3.8, 4) is 0 Å². The molecule has 0 spiro atoms. The summed E-state index contributed by atoms with van der Waals surface area (Å²) < 4.78 is 5.33. The van der Waals surface area contributed by atoms with Crippen LogP contribution in [0.4, 0.5) is 5.82 Å². The molecule has 6 nitrogen and oxygen atoms in total. The van der Waals surface area contributed by atoms with E-state index in [2.05, 4.69) is 22.2 Å². The Bertz CT molecular complexity index is 396. The lowest BCUT2D eigenvalue weighted by atomic mass is 10.3. The summed E-state index contributed by atoms with van der Waals surface area (Å²) in [7, 11) is 0. The standard InChI is InChI=1S/C12H19N3O3/c1-3-6-18-7-4-5-13-11-10(12(16)17)8-14-9(2)15-11/h8H,3-7H2,1-2H3,(H,16,17)(H,13,14,15). The molecule has 0 unspecified atom stereocenters. The number of nitrogens with one attached hydrogen (secondary N) is 1. The molecule has 18 heavy (non-hydrogen) atoms. The number of hydrogen-bond donors (Lipinski definition) is 2. The van der Waals surface area contributed by atoms with E-state index in [4.69, 9.17) is 9.84 Å². The van der Waals surface area contributed by atoms with Gasteiger partial charge >= 0.3 is 5.97 Å². The van der Waals surface area contributed by atoms with E-state index in [0.717, 1.165) is 19.4 Å². The minimum Gasteiger partial charge on any atom is -0.477 e. The number of ether oxygens (including phenoxy) is 1. The Morgan fingerprint density at radius 1 is 1.50 bits per heavy atom. The molecule has 0 aromatic carbocycles. The van der Waals surface area contributed by atoms with E-state index in [1.54, 1.807) is 6.92 Å². The molecule has 1 aromatic heterocycles. The first-order valence-corrected chi connectivity index (χ1v) is 6.03. The van der Waals surface area contributed by atoms with Crippen LogP contribution < -0.4 is 5.32 Å². The number of anilines is 1. The predicted octanol–water partition coefficient (Wildman–Crippen LogP) is 1.71. The van der Waals surface area contributed by atoms with Crippen molar-refractivity contribution in [3.63, 3.8) is 0 Å². The first kappa shape index (κ1) is 14.4. The van der Waals surface area contributed by atoms with E-state index >= 15 is 0 Å². The molecule has 0 aliphatic rings. The molecule has 1 aromatic rings. The molecule has 0 saturated carbocycles. The summed E-state index contributed by atoms with van der Waals surface area (Å²) in [6.07, 6.45) is 3.13. The number of hydrogen-bond acceptors (Lipinski definition) is 5. The monoisotopic (exact) mass is 253 g/mol. The van der Waals surface area contributed by atoms with Crippen molar-refractivity contribution < 1.29 is 14.6 Å².